The maximum atomic E-state index is 12.3. The van der Waals surface area contributed by atoms with E-state index in [4.69, 9.17) is 5.11 Å². The minimum absolute atomic E-state index is 0.127. The van der Waals surface area contributed by atoms with E-state index in [2.05, 4.69) is 9.97 Å². The molecule has 0 amide bonds. The van der Waals surface area contributed by atoms with Gasteiger partial charge in [-0.2, -0.15) is 0 Å². The normalized spacial score (nSPS) is 16.5. The topological polar surface area (TPSA) is 124 Å². The second-order valence-corrected chi connectivity index (χ2v) is 6.94. The Bertz CT molecular complexity index is 864. The number of hydrogen-bond donors (Lipinski definition) is 3. The van der Waals surface area contributed by atoms with Crippen molar-refractivity contribution in [3.63, 3.8) is 0 Å². The van der Waals surface area contributed by atoms with Crippen LogP contribution in [0.2, 0.25) is 0 Å². The molecule has 1 aliphatic heterocycles. The van der Waals surface area contributed by atoms with Crippen molar-refractivity contribution in [2.45, 2.75) is 26.3 Å². The number of carbonyl (C=O) groups is 2. The van der Waals surface area contributed by atoms with Gasteiger partial charge in [-0.15, -0.1) is 11.3 Å². The number of carboxylic acid groups (broad SMARTS) is 2. The summed E-state index contributed by atoms with van der Waals surface area (Å²) in [7, 11) is 0. The number of piperidine rings is 1. The van der Waals surface area contributed by atoms with Crippen molar-refractivity contribution in [1.82, 2.24) is 14.9 Å². The summed E-state index contributed by atoms with van der Waals surface area (Å²) >= 11 is 1.000. The first-order chi connectivity index (χ1) is 11.4. The van der Waals surface area contributed by atoms with Crippen LogP contribution in [0.3, 0.4) is 0 Å². The number of fused-ring (bicyclic) bond motifs is 1. The van der Waals surface area contributed by atoms with Crippen LogP contribution in [0.5, 0.6) is 0 Å². The van der Waals surface area contributed by atoms with E-state index in [0.717, 1.165) is 11.3 Å². The van der Waals surface area contributed by atoms with Crippen molar-refractivity contribution >= 4 is 33.5 Å². The van der Waals surface area contributed by atoms with E-state index in [1.165, 1.54) is 0 Å². The minimum atomic E-state index is -1.06. The molecule has 1 fully saturated rings. The number of aryl methyl sites for hydroxylation is 1. The minimum Gasteiger partial charge on any atom is -0.481 e. The van der Waals surface area contributed by atoms with Crippen LogP contribution in [0.15, 0.2) is 4.79 Å². The molecule has 0 unspecified atom stereocenters. The highest BCUT2D eigenvalue weighted by Gasteiger charge is 2.25. The Hall–Kier alpha value is -2.26. The summed E-state index contributed by atoms with van der Waals surface area (Å²) in [6.07, 6.45) is 1.15. The Morgan fingerprint density at radius 2 is 2.00 bits per heavy atom. The number of aromatic carboxylic acids is 1. The largest absolute Gasteiger partial charge is 0.481 e. The molecule has 1 aliphatic rings. The SMILES string of the molecule is Cc1c(C(=O)O)sc2nc(CN3CCC(C(=O)O)CC3)[nH]c(=O)c12. The first kappa shape index (κ1) is 16.6. The number of thiophene rings is 1. The quantitative estimate of drug-likeness (QED) is 0.758. The molecule has 24 heavy (non-hydrogen) atoms. The van der Waals surface area contributed by atoms with Crippen molar-refractivity contribution in [3.05, 3.63) is 26.6 Å². The Morgan fingerprint density at radius 1 is 1.33 bits per heavy atom. The Kier molecular flexibility index (Phi) is 4.37. The highest BCUT2D eigenvalue weighted by Crippen LogP contribution is 2.27. The van der Waals surface area contributed by atoms with E-state index in [9.17, 15) is 19.5 Å². The molecule has 2 aromatic heterocycles. The third kappa shape index (κ3) is 3.04. The molecule has 0 bridgehead atoms. The first-order valence-electron chi connectivity index (χ1n) is 7.57. The number of hydrogen-bond acceptors (Lipinski definition) is 6. The molecule has 0 aromatic carbocycles. The van der Waals surface area contributed by atoms with Crippen LogP contribution in [0.25, 0.3) is 10.2 Å². The van der Waals surface area contributed by atoms with Gasteiger partial charge in [-0.05, 0) is 38.4 Å². The highest BCUT2D eigenvalue weighted by molar-refractivity contribution is 7.20. The van der Waals surface area contributed by atoms with Crippen molar-refractivity contribution in [1.29, 1.82) is 0 Å². The molecule has 0 aliphatic carbocycles. The van der Waals surface area contributed by atoms with E-state index >= 15 is 0 Å². The molecule has 0 spiro atoms. The fraction of sp³-hybridized carbons (Fsp3) is 0.467. The zero-order valence-corrected chi connectivity index (χ0v) is 13.9. The van der Waals surface area contributed by atoms with Gasteiger partial charge in [0.05, 0.1) is 17.8 Å². The Balaban J connectivity index is 1.83. The molecule has 0 radical (unpaired) electrons. The fourth-order valence-corrected chi connectivity index (χ4v) is 4.06. The number of likely N-dealkylation sites (tertiary alicyclic amines) is 1. The van der Waals surface area contributed by atoms with Crippen LogP contribution in [0.1, 0.15) is 33.9 Å². The van der Waals surface area contributed by atoms with Gasteiger partial charge in [-0.25, -0.2) is 9.78 Å². The first-order valence-corrected chi connectivity index (χ1v) is 8.39. The smallest absolute Gasteiger partial charge is 0.346 e. The molecule has 2 aromatic rings. The van der Waals surface area contributed by atoms with Crippen molar-refractivity contribution < 1.29 is 19.8 Å². The van der Waals surface area contributed by atoms with Crippen molar-refractivity contribution in [2.24, 2.45) is 5.92 Å². The standard InChI is InChI=1S/C15H17N3O5S/c1-7-10-12(19)16-9(17-13(10)24-11(7)15(22)23)6-18-4-2-8(3-5-18)14(20)21/h8H,2-6H2,1H3,(H,20,21)(H,22,23)(H,16,17,19). The van der Waals surface area contributed by atoms with Gasteiger partial charge in [0.15, 0.2) is 0 Å². The molecule has 1 saturated heterocycles. The van der Waals surface area contributed by atoms with Crippen LogP contribution in [-0.2, 0) is 11.3 Å². The maximum absolute atomic E-state index is 12.3. The number of H-pyrrole nitrogens is 1. The second kappa shape index (κ2) is 6.33. The van der Waals surface area contributed by atoms with Gasteiger partial charge in [-0.1, -0.05) is 0 Å². The van der Waals surface area contributed by atoms with Gasteiger partial charge in [0.25, 0.3) is 5.56 Å². The Labute approximate surface area is 140 Å². The van der Waals surface area contributed by atoms with Gasteiger partial charge in [0, 0.05) is 0 Å². The molecular formula is C15H17N3O5S. The highest BCUT2D eigenvalue weighted by atomic mass is 32.1. The van der Waals surface area contributed by atoms with E-state index in [1.54, 1.807) is 6.92 Å². The summed E-state index contributed by atoms with van der Waals surface area (Å²) in [5, 5.41) is 18.5. The van der Waals surface area contributed by atoms with Crippen molar-refractivity contribution in [2.75, 3.05) is 13.1 Å². The fourth-order valence-electron chi connectivity index (χ4n) is 3.02. The number of nitrogens with zero attached hydrogens (tertiary/aromatic N) is 2. The molecule has 8 nitrogen and oxygen atoms in total. The number of aromatic nitrogens is 2. The Morgan fingerprint density at radius 3 is 2.58 bits per heavy atom. The van der Waals surface area contributed by atoms with Gasteiger partial charge in [0.1, 0.15) is 15.5 Å². The van der Waals surface area contributed by atoms with Crippen LogP contribution in [-0.4, -0.2) is 50.1 Å². The molecule has 3 N–H and O–H groups in total. The van der Waals surface area contributed by atoms with Gasteiger partial charge in [0.2, 0.25) is 0 Å². The molecule has 0 saturated carbocycles. The summed E-state index contributed by atoms with van der Waals surface area (Å²) in [4.78, 5) is 44.1. The van der Waals surface area contributed by atoms with Crippen LogP contribution in [0, 0.1) is 12.8 Å². The summed E-state index contributed by atoms with van der Waals surface area (Å²) < 4.78 is 0. The van der Waals surface area contributed by atoms with Gasteiger partial charge < -0.3 is 15.2 Å². The summed E-state index contributed by atoms with van der Waals surface area (Å²) in [6.45, 7) is 3.28. The summed E-state index contributed by atoms with van der Waals surface area (Å²) in [6, 6.07) is 0. The molecule has 128 valence electrons. The number of nitrogens with one attached hydrogen (secondary N) is 1. The number of carboxylic acids is 2. The van der Waals surface area contributed by atoms with E-state index in [-0.39, 0.29) is 16.4 Å². The maximum Gasteiger partial charge on any atom is 0.346 e. The second-order valence-electron chi connectivity index (χ2n) is 5.94. The van der Waals surface area contributed by atoms with Gasteiger partial charge >= 0.3 is 11.9 Å². The van der Waals surface area contributed by atoms with E-state index in [1.807, 2.05) is 4.90 Å². The van der Waals surface area contributed by atoms with Crippen LogP contribution < -0.4 is 5.56 Å². The molecule has 3 rings (SSSR count). The average molecular weight is 351 g/mol. The lowest BCUT2D eigenvalue weighted by Gasteiger charge is -2.29. The average Bonchev–Trinajstić information content (AvgIpc) is 2.85. The van der Waals surface area contributed by atoms with Crippen molar-refractivity contribution in [3.8, 4) is 0 Å². The third-order valence-electron chi connectivity index (χ3n) is 4.35. The van der Waals surface area contributed by atoms with Crippen LogP contribution in [0.4, 0.5) is 0 Å². The lowest BCUT2D eigenvalue weighted by Crippen LogP contribution is -2.36. The molecule has 9 heteroatoms. The zero-order valence-electron chi connectivity index (χ0n) is 13.0. The summed E-state index contributed by atoms with van der Waals surface area (Å²) in [5.41, 5.74) is 0.0988. The van der Waals surface area contributed by atoms with E-state index < -0.39 is 11.9 Å². The number of rotatable bonds is 4. The predicted molar refractivity (Wildman–Crippen MR) is 87.6 cm³/mol. The number of aromatic amines is 1. The number of aliphatic carboxylic acids is 1. The third-order valence-corrected chi connectivity index (χ3v) is 5.53. The predicted octanol–water partition coefficient (Wildman–Crippen LogP) is 1.29. The zero-order chi connectivity index (χ0) is 17.4. The van der Waals surface area contributed by atoms with Crippen LogP contribution >= 0.6 is 11.3 Å². The van der Waals surface area contributed by atoms with E-state index in [0.29, 0.717) is 54.1 Å². The van der Waals surface area contributed by atoms with Gasteiger partial charge in [-0.3, -0.25) is 14.5 Å². The lowest BCUT2D eigenvalue weighted by atomic mass is 9.97. The molecule has 3 heterocycles. The monoisotopic (exact) mass is 351 g/mol. The molecule has 0 atom stereocenters. The molecular weight excluding hydrogens is 334 g/mol. The lowest BCUT2D eigenvalue weighted by molar-refractivity contribution is -0.143. The summed E-state index contributed by atoms with van der Waals surface area (Å²) in [5.74, 6) is -1.67.